The van der Waals surface area contributed by atoms with Gasteiger partial charge in [-0.25, -0.2) is 13.4 Å². The van der Waals surface area contributed by atoms with Crippen LogP contribution >= 0.6 is 0 Å². The van der Waals surface area contributed by atoms with Crippen molar-refractivity contribution in [2.45, 2.75) is 63.1 Å². The van der Waals surface area contributed by atoms with E-state index in [2.05, 4.69) is 20.3 Å². The van der Waals surface area contributed by atoms with Crippen molar-refractivity contribution in [3.8, 4) is 0 Å². The Balaban J connectivity index is 1.39. The van der Waals surface area contributed by atoms with E-state index >= 15 is 0 Å². The van der Waals surface area contributed by atoms with Gasteiger partial charge in [0.2, 0.25) is 5.95 Å². The number of fused-ring (bicyclic) bond motifs is 1. The predicted octanol–water partition coefficient (Wildman–Crippen LogP) is 4.41. The molecule has 5 rings (SSSR count). The number of imidazole rings is 1. The molecule has 10 nitrogen and oxygen atoms in total. The minimum Gasteiger partial charge on any atom is -0.393 e. The van der Waals surface area contributed by atoms with E-state index in [-0.39, 0.29) is 17.0 Å². The summed E-state index contributed by atoms with van der Waals surface area (Å²) in [5.74, 6) is 1.03. The number of nitrogens with one attached hydrogen (secondary N) is 3. The van der Waals surface area contributed by atoms with Gasteiger partial charge in [0.1, 0.15) is 0 Å². The number of aliphatic hydroxyl groups excluding tert-OH is 1. The summed E-state index contributed by atoms with van der Waals surface area (Å²) < 4.78 is 30.4. The predicted molar refractivity (Wildman–Crippen MR) is 145 cm³/mol. The molecule has 194 valence electrons. The van der Waals surface area contributed by atoms with Crippen LogP contribution in [-0.2, 0) is 16.6 Å². The van der Waals surface area contributed by atoms with Gasteiger partial charge in [-0.1, -0.05) is 18.2 Å². The first-order valence-corrected chi connectivity index (χ1v) is 13.9. The van der Waals surface area contributed by atoms with Crippen molar-refractivity contribution in [2.24, 2.45) is 0 Å². The van der Waals surface area contributed by atoms with Crippen LogP contribution in [0.1, 0.15) is 38.2 Å². The first-order chi connectivity index (χ1) is 17.8. The fourth-order valence-corrected chi connectivity index (χ4v) is 5.61. The summed E-state index contributed by atoms with van der Waals surface area (Å²) in [7, 11) is -3.73. The van der Waals surface area contributed by atoms with Gasteiger partial charge in [0.15, 0.2) is 17.0 Å². The molecule has 0 radical (unpaired) electrons. The van der Waals surface area contributed by atoms with Gasteiger partial charge in [-0.3, -0.25) is 4.72 Å². The van der Waals surface area contributed by atoms with E-state index in [1.807, 2.05) is 30.5 Å². The number of nitrogens with zero attached hydrogens (tertiary/aromatic N) is 4. The fourth-order valence-electron chi connectivity index (χ4n) is 4.48. The highest BCUT2D eigenvalue weighted by atomic mass is 32.2. The van der Waals surface area contributed by atoms with Crippen molar-refractivity contribution in [1.29, 1.82) is 0 Å². The fraction of sp³-hybridized carbons (Fsp3) is 0.346. The third kappa shape index (κ3) is 5.52. The average Bonchev–Trinajstić information content (AvgIpc) is 3.30. The number of anilines is 4. The molecule has 0 bridgehead atoms. The average molecular weight is 522 g/mol. The second-order valence-electron chi connectivity index (χ2n) is 9.32. The molecule has 0 atom stereocenters. The molecule has 1 fully saturated rings. The zero-order chi connectivity index (χ0) is 26.0. The molecule has 0 spiro atoms. The van der Waals surface area contributed by atoms with Crippen molar-refractivity contribution in [3.63, 3.8) is 0 Å². The molecule has 0 unspecified atom stereocenters. The molecule has 2 aromatic carbocycles. The standard InChI is InChI=1S/C26H31N7O3S/c1-3-33-16-27-23-24(30-26(31-25(23)33)29-19-8-12-20(34)13-9-19)28-18-10-14-21(15-11-18)37(35,36)32-22-7-5-4-6-17(22)2/h4-7,10-11,14-16,19-20,32,34H,3,8-9,12-13H2,1-2H3,(H2,28,29,30,31). The van der Waals surface area contributed by atoms with Crippen LogP contribution in [0.5, 0.6) is 0 Å². The molecular weight excluding hydrogens is 490 g/mol. The summed E-state index contributed by atoms with van der Waals surface area (Å²) in [6, 6.07) is 13.9. The molecule has 2 heterocycles. The highest BCUT2D eigenvalue weighted by Gasteiger charge is 2.22. The Bertz CT molecular complexity index is 1490. The van der Waals surface area contributed by atoms with E-state index in [9.17, 15) is 13.5 Å². The van der Waals surface area contributed by atoms with E-state index in [1.165, 1.54) is 0 Å². The summed E-state index contributed by atoms with van der Waals surface area (Å²) >= 11 is 0. The second kappa shape index (κ2) is 10.3. The zero-order valence-corrected chi connectivity index (χ0v) is 21.7. The van der Waals surface area contributed by atoms with Gasteiger partial charge >= 0.3 is 0 Å². The van der Waals surface area contributed by atoms with E-state index in [4.69, 9.17) is 9.97 Å². The highest BCUT2D eigenvalue weighted by Crippen LogP contribution is 2.28. The van der Waals surface area contributed by atoms with E-state index in [0.29, 0.717) is 40.8 Å². The van der Waals surface area contributed by atoms with Crippen LogP contribution in [0.3, 0.4) is 0 Å². The summed E-state index contributed by atoms with van der Waals surface area (Å²) in [5.41, 5.74) is 3.40. The molecule has 2 aromatic heterocycles. The molecule has 1 aliphatic carbocycles. The van der Waals surface area contributed by atoms with Gasteiger partial charge in [-0.15, -0.1) is 0 Å². The van der Waals surface area contributed by atoms with E-state index < -0.39 is 10.0 Å². The zero-order valence-electron chi connectivity index (χ0n) is 20.8. The monoisotopic (exact) mass is 521 g/mol. The van der Waals surface area contributed by atoms with Crippen LogP contribution in [0.2, 0.25) is 0 Å². The lowest BCUT2D eigenvalue weighted by atomic mass is 9.93. The Morgan fingerprint density at radius 2 is 1.76 bits per heavy atom. The minimum atomic E-state index is -3.73. The number of aliphatic hydroxyl groups is 1. The molecule has 1 saturated carbocycles. The molecule has 1 aliphatic rings. The number of sulfonamides is 1. The van der Waals surface area contributed by atoms with Crippen molar-refractivity contribution in [2.75, 3.05) is 15.4 Å². The summed E-state index contributed by atoms with van der Waals surface area (Å²) in [6.45, 7) is 4.59. The number of rotatable bonds is 8. The van der Waals surface area contributed by atoms with Crippen LogP contribution in [0.4, 0.5) is 23.1 Å². The Kier molecular flexibility index (Phi) is 6.98. The summed E-state index contributed by atoms with van der Waals surface area (Å²) in [4.78, 5) is 14.1. The topological polar surface area (TPSA) is 134 Å². The first-order valence-electron chi connectivity index (χ1n) is 12.5. The van der Waals surface area contributed by atoms with Gasteiger partial charge in [0.05, 0.1) is 23.0 Å². The highest BCUT2D eigenvalue weighted by molar-refractivity contribution is 7.92. The minimum absolute atomic E-state index is 0.159. The lowest BCUT2D eigenvalue weighted by Crippen LogP contribution is -2.29. The van der Waals surface area contributed by atoms with Crippen LogP contribution in [-0.4, -0.2) is 45.2 Å². The number of benzene rings is 2. The van der Waals surface area contributed by atoms with Crippen LogP contribution in [0.25, 0.3) is 11.2 Å². The Morgan fingerprint density at radius 1 is 1.03 bits per heavy atom. The van der Waals surface area contributed by atoms with Crippen molar-refractivity contribution in [3.05, 3.63) is 60.4 Å². The van der Waals surface area contributed by atoms with Crippen molar-refractivity contribution in [1.82, 2.24) is 19.5 Å². The lowest BCUT2D eigenvalue weighted by Gasteiger charge is -2.26. The Labute approximate surface area is 216 Å². The molecule has 4 aromatic rings. The Hall–Kier alpha value is -3.70. The SMILES string of the molecule is CCn1cnc2c(Nc3ccc(S(=O)(=O)Nc4ccccc4C)cc3)nc(NC3CCC(O)CC3)nc21. The third-order valence-corrected chi connectivity index (χ3v) is 8.03. The molecule has 0 saturated heterocycles. The maximum atomic E-state index is 12.9. The van der Waals surface area contributed by atoms with Crippen LogP contribution < -0.4 is 15.4 Å². The van der Waals surface area contributed by atoms with E-state index in [1.54, 1.807) is 42.7 Å². The molecule has 0 aliphatic heterocycles. The van der Waals surface area contributed by atoms with Crippen molar-refractivity contribution < 1.29 is 13.5 Å². The van der Waals surface area contributed by atoms with Crippen LogP contribution in [0, 0.1) is 6.92 Å². The number of para-hydroxylation sites is 1. The first kappa shape index (κ1) is 25.0. The normalized spacial score (nSPS) is 18.0. The molecular formula is C26H31N7O3S. The van der Waals surface area contributed by atoms with Gasteiger partial charge in [-0.05, 0) is 75.4 Å². The maximum absolute atomic E-state index is 12.9. The molecule has 37 heavy (non-hydrogen) atoms. The number of hydrogen-bond donors (Lipinski definition) is 4. The number of aryl methyl sites for hydroxylation is 2. The summed E-state index contributed by atoms with van der Waals surface area (Å²) in [6.07, 6.45) is 4.71. The largest absolute Gasteiger partial charge is 0.393 e. The summed E-state index contributed by atoms with van der Waals surface area (Å²) in [5, 5.41) is 16.5. The molecule has 11 heteroatoms. The lowest BCUT2D eigenvalue weighted by molar-refractivity contribution is 0.126. The van der Waals surface area contributed by atoms with Crippen LogP contribution in [0.15, 0.2) is 59.8 Å². The molecule has 4 N–H and O–H groups in total. The number of hydrogen-bond acceptors (Lipinski definition) is 8. The van der Waals surface area contributed by atoms with E-state index in [0.717, 1.165) is 31.2 Å². The maximum Gasteiger partial charge on any atom is 0.261 e. The van der Waals surface area contributed by atoms with Crippen molar-refractivity contribution >= 4 is 44.3 Å². The second-order valence-corrected chi connectivity index (χ2v) is 11.0. The quantitative estimate of drug-likeness (QED) is 0.268. The smallest absolute Gasteiger partial charge is 0.261 e. The van der Waals surface area contributed by atoms with Gasteiger partial charge < -0.3 is 20.3 Å². The van der Waals surface area contributed by atoms with Gasteiger partial charge in [0, 0.05) is 18.3 Å². The Morgan fingerprint density at radius 3 is 2.46 bits per heavy atom. The molecule has 0 amide bonds. The third-order valence-electron chi connectivity index (χ3n) is 6.65. The number of aromatic nitrogens is 4. The van der Waals surface area contributed by atoms with Gasteiger partial charge in [-0.2, -0.15) is 9.97 Å². The van der Waals surface area contributed by atoms with Gasteiger partial charge in [0.25, 0.3) is 10.0 Å².